The van der Waals surface area contributed by atoms with Gasteiger partial charge in [-0.25, -0.2) is 17.6 Å². The molecule has 3 rings (SSSR count). The fraction of sp³-hybridized carbons (Fsp3) is 0.345. The molecule has 0 bridgehead atoms. The number of nitrogens with one attached hydrogen (secondary N) is 1. The highest BCUT2D eigenvalue weighted by molar-refractivity contribution is 6.13. The number of benzene rings is 2. The van der Waals surface area contributed by atoms with Crippen molar-refractivity contribution >= 4 is 29.5 Å². The van der Waals surface area contributed by atoms with Crippen molar-refractivity contribution in [2.24, 2.45) is 11.8 Å². The zero-order chi connectivity index (χ0) is 28.9. The summed E-state index contributed by atoms with van der Waals surface area (Å²) in [5.41, 5.74) is 0.650. The number of allylic oxidation sites excluding steroid dienone is 2. The predicted molar refractivity (Wildman–Crippen MR) is 140 cm³/mol. The molecule has 0 radical (unpaired) electrons. The van der Waals surface area contributed by atoms with Crippen molar-refractivity contribution < 1.29 is 31.9 Å². The summed E-state index contributed by atoms with van der Waals surface area (Å²) < 4.78 is 55.7. The Kier molecular flexibility index (Phi) is 9.80. The summed E-state index contributed by atoms with van der Waals surface area (Å²) >= 11 is 0. The Hall–Kier alpha value is -3.79. The Morgan fingerprint density at radius 2 is 1.15 bits per heavy atom. The Morgan fingerprint density at radius 1 is 0.769 bits per heavy atom. The van der Waals surface area contributed by atoms with E-state index in [1.54, 1.807) is 38.0 Å². The van der Waals surface area contributed by atoms with Crippen molar-refractivity contribution in [2.45, 2.75) is 12.8 Å². The van der Waals surface area contributed by atoms with Gasteiger partial charge in [-0.2, -0.15) is 0 Å². The first-order chi connectivity index (χ1) is 18.4. The Balaban J connectivity index is 1.78. The molecule has 1 heterocycles. The molecule has 1 aliphatic heterocycles. The second kappa shape index (κ2) is 12.8. The van der Waals surface area contributed by atoms with Crippen LogP contribution in [0.25, 0.3) is 12.2 Å². The molecule has 0 aromatic heterocycles. The summed E-state index contributed by atoms with van der Waals surface area (Å²) in [6.07, 6.45) is 2.23. The van der Waals surface area contributed by atoms with Crippen LogP contribution < -0.4 is 5.32 Å². The zero-order valence-corrected chi connectivity index (χ0v) is 22.2. The van der Waals surface area contributed by atoms with Crippen LogP contribution in [0.15, 0.2) is 47.8 Å². The Morgan fingerprint density at radius 3 is 1.51 bits per heavy atom. The van der Waals surface area contributed by atoms with Gasteiger partial charge in [-0.3, -0.25) is 14.4 Å². The normalized spacial score (nSPS) is 18.2. The molecule has 1 N–H and O–H groups in total. The predicted octanol–water partition coefficient (Wildman–Crippen LogP) is 4.07. The van der Waals surface area contributed by atoms with Crippen LogP contribution in [-0.4, -0.2) is 68.4 Å². The summed E-state index contributed by atoms with van der Waals surface area (Å²) in [5, 5.41) is 2.97. The zero-order valence-electron chi connectivity index (χ0n) is 22.2. The van der Waals surface area contributed by atoms with Gasteiger partial charge in [-0.15, -0.1) is 0 Å². The molecule has 39 heavy (non-hydrogen) atoms. The van der Waals surface area contributed by atoms with Gasteiger partial charge in [0.05, 0.1) is 11.8 Å². The van der Waals surface area contributed by atoms with E-state index in [9.17, 15) is 31.9 Å². The molecule has 2 atom stereocenters. The van der Waals surface area contributed by atoms with Crippen molar-refractivity contribution in [2.75, 3.05) is 41.3 Å². The third-order valence-corrected chi connectivity index (χ3v) is 6.63. The van der Waals surface area contributed by atoms with Crippen molar-refractivity contribution in [3.8, 4) is 0 Å². The van der Waals surface area contributed by atoms with Crippen molar-refractivity contribution in [1.29, 1.82) is 0 Å². The third kappa shape index (κ3) is 7.20. The second-order valence-electron chi connectivity index (χ2n) is 9.80. The maximum absolute atomic E-state index is 14.2. The lowest BCUT2D eigenvalue weighted by Gasteiger charge is -2.29. The van der Waals surface area contributed by atoms with E-state index in [2.05, 4.69) is 5.32 Å². The highest BCUT2D eigenvalue weighted by atomic mass is 19.2. The summed E-state index contributed by atoms with van der Waals surface area (Å²) in [6.45, 7) is 0.0860. The van der Waals surface area contributed by atoms with Crippen LogP contribution in [0.3, 0.4) is 0 Å². The molecule has 0 saturated carbocycles. The van der Waals surface area contributed by atoms with Crippen LogP contribution in [0.2, 0.25) is 0 Å². The van der Waals surface area contributed by atoms with Gasteiger partial charge in [0.25, 0.3) is 0 Å². The molecule has 1 aliphatic rings. The topological polar surface area (TPSA) is 69.7 Å². The van der Waals surface area contributed by atoms with Crippen LogP contribution in [0, 0.1) is 35.1 Å². The largest absolute Gasteiger partial charge is 0.381 e. The first-order valence-electron chi connectivity index (χ1n) is 12.3. The molecular formula is C29H31F4N3O3. The summed E-state index contributed by atoms with van der Waals surface area (Å²) in [4.78, 5) is 42.7. The molecule has 6 nitrogen and oxygen atoms in total. The maximum atomic E-state index is 14.2. The van der Waals surface area contributed by atoms with Crippen molar-refractivity contribution in [3.05, 3.63) is 82.2 Å². The minimum Gasteiger partial charge on any atom is -0.381 e. The van der Waals surface area contributed by atoms with E-state index < -0.39 is 52.5 Å². The van der Waals surface area contributed by atoms with E-state index in [4.69, 9.17) is 0 Å². The smallest absolute Gasteiger partial charge is 0.166 e. The number of hydrogen-bond donors (Lipinski definition) is 1. The van der Waals surface area contributed by atoms with Crippen molar-refractivity contribution in [1.82, 2.24) is 15.1 Å². The molecule has 2 aromatic carbocycles. The molecule has 208 valence electrons. The minimum absolute atomic E-state index is 0.0367. The molecule has 0 aliphatic carbocycles. The molecule has 2 aromatic rings. The van der Waals surface area contributed by atoms with Crippen LogP contribution in [0.5, 0.6) is 0 Å². The van der Waals surface area contributed by atoms with E-state index >= 15 is 0 Å². The number of Topliss-reactive ketones (excluding diaryl/α,β-unsaturated/α-hetero) is 3. The first-order valence-corrected chi connectivity index (χ1v) is 12.3. The average Bonchev–Trinajstić information content (AvgIpc) is 2.88. The van der Waals surface area contributed by atoms with E-state index in [1.807, 2.05) is 0 Å². The summed E-state index contributed by atoms with van der Waals surface area (Å²) in [6, 6.07) is 7.43. The standard InChI is InChI=1S/C29H31F4N3O3/c1-35(2)19(11-17-7-5-9-23(30)27(17)32)13-25(37)21-15-34-16-22(29(21)39)26(38)14-20(36(3)4)12-18-8-6-10-24(31)28(18)33/h5-12,21-22,34H,13-16H2,1-4H3/b19-11+,20-12+. The first kappa shape index (κ1) is 29.8. The number of piperidine rings is 1. The molecule has 2 unspecified atom stereocenters. The average molecular weight is 546 g/mol. The third-order valence-electron chi connectivity index (χ3n) is 6.63. The van der Waals surface area contributed by atoms with E-state index in [1.165, 1.54) is 36.4 Å². The molecule has 10 heteroatoms. The second-order valence-corrected chi connectivity index (χ2v) is 9.80. The van der Waals surface area contributed by atoms with E-state index in [-0.39, 0.29) is 37.1 Å². The Bertz CT molecular complexity index is 1220. The minimum atomic E-state index is -1.11. The van der Waals surface area contributed by atoms with Crippen LogP contribution in [0.1, 0.15) is 24.0 Å². The van der Waals surface area contributed by atoms with Crippen LogP contribution in [0.4, 0.5) is 17.6 Å². The lowest BCUT2D eigenvalue weighted by atomic mass is 9.81. The van der Waals surface area contributed by atoms with Crippen LogP contribution >= 0.6 is 0 Å². The molecule has 1 saturated heterocycles. The maximum Gasteiger partial charge on any atom is 0.166 e. The number of nitrogens with zero attached hydrogens (tertiary/aromatic N) is 2. The summed E-state index contributed by atoms with van der Waals surface area (Å²) in [7, 11) is 6.56. The summed E-state index contributed by atoms with van der Waals surface area (Å²) in [5.74, 6) is -7.82. The monoisotopic (exact) mass is 545 g/mol. The fourth-order valence-electron chi connectivity index (χ4n) is 4.26. The van der Waals surface area contributed by atoms with E-state index in [0.717, 1.165) is 12.1 Å². The highest BCUT2D eigenvalue weighted by Crippen LogP contribution is 2.24. The number of carbonyl (C=O) groups is 3. The SMILES string of the molecule is CN(C)/C(=C/c1cccc(F)c1F)CC(=O)C1CNCC(C(=O)C/C(=C\c2cccc(F)c2F)N(C)C)C1=O. The van der Waals surface area contributed by atoms with Gasteiger partial charge < -0.3 is 15.1 Å². The molecular weight excluding hydrogens is 514 g/mol. The van der Waals surface area contributed by atoms with Crippen LogP contribution in [-0.2, 0) is 14.4 Å². The number of halogens is 4. The number of ketones is 3. The number of hydrogen-bond acceptors (Lipinski definition) is 6. The van der Waals surface area contributed by atoms with Crippen molar-refractivity contribution in [3.63, 3.8) is 0 Å². The van der Waals surface area contributed by atoms with Gasteiger partial charge in [0.2, 0.25) is 0 Å². The highest BCUT2D eigenvalue weighted by Gasteiger charge is 2.39. The lowest BCUT2D eigenvalue weighted by Crippen LogP contribution is -2.50. The fourth-order valence-corrected chi connectivity index (χ4v) is 4.26. The van der Waals surface area contributed by atoms with E-state index in [0.29, 0.717) is 11.4 Å². The number of carbonyl (C=O) groups excluding carboxylic acids is 3. The molecule has 1 fully saturated rings. The van der Waals surface area contributed by atoms with Gasteiger partial charge >= 0.3 is 0 Å². The lowest BCUT2D eigenvalue weighted by molar-refractivity contribution is -0.140. The van der Waals surface area contributed by atoms with Gasteiger partial charge in [0.1, 0.15) is 11.6 Å². The Labute approximate surface area is 225 Å². The quantitative estimate of drug-likeness (QED) is 0.359. The van der Waals surface area contributed by atoms with Gasteiger partial charge in [0, 0.05) is 76.6 Å². The van der Waals surface area contributed by atoms with Gasteiger partial charge in [-0.1, -0.05) is 24.3 Å². The molecule has 0 amide bonds. The number of rotatable bonds is 10. The van der Waals surface area contributed by atoms with Gasteiger partial charge in [-0.05, 0) is 24.3 Å². The molecule has 0 spiro atoms. The van der Waals surface area contributed by atoms with Gasteiger partial charge in [0.15, 0.2) is 29.1 Å².